The highest BCUT2D eigenvalue weighted by molar-refractivity contribution is 5.68. The largest absolute Gasteiger partial charge is 0.386 e. The van der Waals surface area contributed by atoms with Gasteiger partial charge in [0.2, 0.25) is 0 Å². The van der Waals surface area contributed by atoms with E-state index in [0.29, 0.717) is 26.1 Å². The number of hydrogen-bond acceptors (Lipinski definition) is 3. The highest BCUT2D eigenvalue weighted by Gasteiger charge is 2.31. The van der Waals surface area contributed by atoms with E-state index in [1.165, 1.54) is 38.9 Å². The predicted molar refractivity (Wildman–Crippen MR) is 150 cm³/mol. The van der Waals surface area contributed by atoms with Crippen molar-refractivity contribution in [3.63, 3.8) is 0 Å². The summed E-state index contributed by atoms with van der Waals surface area (Å²) >= 11 is 0. The van der Waals surface area contributed by atoms with Crippen molar-refractivity contribution in [1.82, 2.24) is 4.98 Å². The first-order valence-corrected chi connectivity index (χ1v) is 13.5. The molecule has 1 aliphatic rings. The highest BCUT2D eigenvalue weighted by atomic mass is 16.5. The zero-order chi connectivity index (χ0) is 25.8. The van der Waals surface area contributed by atoms with E-state index < -0.39 is 5.60 Å². The summed E-state index contributed by atoms with van der Waals surface area (Å²) in [7, 11) is 0. The molecule has 3 aromatic rings. The van der Waals surface area contributed by atoms with E-state index >= 15 is 0 Å². The second-order valence-corrected chi connectivity index (χ2v) is 10.4. The second kappa shape index (κ2) is 11.1. The highest BCUT2D eigenvalue weighted by Crippen LogP contribution is 2.41. The summed E-state index contributed by atoms with van der Waals surface area (Å²) in [5.74, 6) is 0. The maximum atomic E-state index is 10.8. The Morgan fingerprint density at radius 3 is 2.19 bits per heavy atom. The summed E-state index contributed by atoms with van der Waals surface area (Å²) in [4.78, 5) is 4.46. The lowest BCUT2D eigenvalue weighted by Crippen LogP contribution is -2.33. The maximum Gasteiger partial charge on any atom is 0.0874 e. The number of ether oxygens (including phenoxy) is 1. The summed E-state index contributed by atoms with van der Waals surface area (Å²) in [6, 6.07) is 16.1. The molecular weight excluding hydrogens is 442 g/mol. The summed E-state index contributed by atoms with van der Waals surface area (Å²) in [6.07, 6.45) is 12.3. The SMILES string of the molecule is CCc1cncc(-c2ccc(C(CC)(CC)c3ccc(/C=C/C4(O)CCOCC4)c(C)c3)cc2C)c1. The van der Waals surface area contributed by atoms with Crippen molar-refractivity contribution in [3.8, 4) is 11.1 Å². The second-order valence-electron chi connectivity index (χ2n) is 10.4. The van der Waals surface area contributed by atoms with E-state index in [-0.39, 0.29) is 5.41 Å². The summed E-state index contributed by atoms with van der Waals surface area (Å²) < 4.78 is 5.41. The minimum atomic E-state index is -0.759. The lowest BCUT2D eigenvalue weighted by Gasteiger charge is -2.34. The van der Waals surface area contributed by atoms with Crippen LogP contribution in [-0.2, 0) is 16.6 Å². The average molecular weight is 484 g/mol. The van der Waals surface area contributed by atoms with E-state index in [4.69, 9.17) is 4.74 Å². The van der Waals surface area contributed by atoms with Gasteiger partial charge in [0.15, 0.2) is 0 Å². The van der Waals surface area contributed by atoms with Gasteiger partial charge in [-0.05, 0) is 78.1 Å². The van der Waals surface area contributed by atoms with Gasteiger partial charge in [0, 0.05) is 49.4 Å². The average Bonchev–Trinajstić information content (AvgIpc) is 2.90. The summed E-state index contributed by atoms with van der Waals surface area (Å²) in [5.41, 5.74) is 9.32. The van der Waals surface area contributed by atoms with Gasteiger partial charge in [0.1, 0.15) is 0 Å². The third-order valence-electron chi connectivity index (χ3n) is 8.25. The molecule has 4 rings (SSSR count). The Morgan fingerprint density at radius 2 is 1.58 bits per heavy atom. The summed E-state index contributed by atoms with van der Waals surface area (Å²) in [5, 5.41) is 10.8. The smallest absolute Gasteiger partial charge is 0.0874 e. The molecule has 1 N–H and O–H groups in total. The molecule has 36 heavy (non-hydrogen) atoms. The monoisotopic (exact) mass is 483 g/mol. The Morgan fingerprint density at radius 1 is 0.917 bits per heavy atom. The van der Waals surface area contributed by atoms with Gasteiger partial charge < -0.3 is 9.84 Å². The predicted octanol–water partition coefficient (Wildman–Crippen LogP) is 7.59. The summed E-state index contributed by atoms with van der Waals surface area (Å²) in [6.45, 7) is 12.4. The van der Waals surface area contributed by atoms with Crippen LogP contribution in [0.3, 0.4) is 0 Å². The van der Waals surface area contributed by atoms with Crippen LogP contribution in [0.5, 0.6) is 0 Å². The van der Waals surface area contributed by atoms with Crippen molar-refractivity contribution >= 4 is 6.08 Å². The molecule has 3 heteroatoms. The number of aryl methyl sites for hydroxylation is 3. The number of benzene rings is 2. The number of rotatable bonds is 8. The van der Waals surface area contributed by atoms with Crippen LogP contribution in [0.2, 0.25) is 0 Å². The van der Waals surface area contributed by atoms with Gasteiger partial charge in [-0.15, -0.1) is 0 Å². The normalized spacial score (nSPS) is 15.9. The number of hydrogen-bond donors (Lipinski definition) is 1. The number of nitrogens with zero attached hydrogens (tertiary/aromatic N) is 1. The standard InChI is InChI=1S/C33H41NO2/c1-6-26-21-28(23-34-22-26)31-12-11-30(20-25(31)5)33(7-2,8-3)29-10-9-27(24(4)19-29)13-14-32(35)15-17-36-18-16-32/h9-14,19-23,35H,6-8,15-18H2,1-5H3/b14-13+. The molecule has 0 amide bonds. The molecule has 0 radical (unpaired) electrons. The van der Waals surface area contributed by atoms with Gasteiger partial charge in [-0.2, -0.15) is 0 Å². The van der Waals surface area contributed by atoms with Gasteiger partial charge in [-0.3, -0.25) is 4.98 Å². The molecule has 1 fully saturated rings. The number of pyridine rings is 1. The topological polar surface area (TPSA) is 42.4 Å². The maximum absolute atomic E-state index is 10.8. The van der Waals surface area contributed by atoms with Gasteiger partial charge in [-0.1, -0.05) is 69.3 Å². The van der Waals surface area contributed by atoms with Crippen LogP contribution in [0.15, 0.2) is 60.9 Å². The van der Waals surface area contributed by atoms with Crippen LogP contribution >= 0.6 is 0 Å². The minimum absolute atomic E-state index is 0.0429. The molecule has 1 aromatic heterocycles. The molecule has 0 saturated carbocycles. The van der Waals surface area contributed by atoms with E-state index in [2.05, 4.69) is 88.1 Å². The molecule has 0 atom stereocenters. The van der Waals surface area contributed by atoms with E-state index in [1.807, 2.05) is 18.5 Å². The first-order valence-electron chi connectivity index (χ1n) is 13.5. The van der Waals surface area contributed by atoms with Crippen molar-refractivity contribution in [2.45, 2.75) is 77.7 Å². The Hall–Kier alpha value is -2.75. The molecular formula is C33H41NO2. The van der Waals surface area contributed by atoms with Gasteiger partial charge >= 0.3 is 0 Å². The molecule has 2 heterocycles. The van der Waals surface area contributed by atoms with Crippen LogP contribution in [0.4, 0.5) is 0 Å². The zero-order valence-electron chi connectivity index (χ0n) is 22.6. The van der Waals surface area contributed by atoms with Gasteiger partial charge in [0.25, 0.3) is 0 Å². The third kappa shape index (κ3) is 5.33. The third-order valence-corrected chi connectivity index (χ3v) is 8.25. The Balaban J connectivity index is 1.66. The lowest BCUT2D eigenvalue weighted by atomic mass is 9.69. The first-order chi connectivity index (χ1) is 17.3. The van der Waals surface area contributed by atoms with Crippen LogP contribution in [0.25, 0.3) is 17.2 Å². The van der Waals surface area contributed by atoms with Gasteiger partial charge in [0.05, 0.1) is 5.60 Å². The van der Waals surface area contributed by atoms with Crippen LogP contribution in [-0.4, -0.2) is 28.9 Å². The van der Waals surface area contributed by atoms with Crippen LogP contribution in [0, 0.1) is 13.8 Å². The molecule has 0 spiro atoms. The molecule has 2 aromatic carbocycles. The van der Waals surface area contributed by atoms with Crippen LogP contribution < -0.4 is 0 Å². The molecule has 0 unspecified atom stereocenters. The number of aromatic nitrogens is 1. The first kappa shape index (κ1) is 26.3. The van der Waals surface area contributed by atoms with Crippen LogP contribution in [0.1, 0.15) is 79.8 Å². The molecule has 1 aliphatic heterocycles. The van der Waals surface area contributed by atoms with Gasteiger partial charge in [-0.25, -0.2) is 0 Å². The Bertz CT molecular complexity index is 1220. The van der Waals surface area contributed by atoms with Crippen molar-refractivity contribution in [2.75, 3.05) is 13.2 Å². The Kier molecular flexibility index (Phi) is 8.12. The number of aliphatic hydroxyl groups is 1. The molecule has 3 nitrogen and oxygen atoms in total. The van der Waals surface area contributed by atoms with E-state index in [1.54, 1.807) is 0 Å². The van der Waals surface area contributed by atoms with Crippen molar-refractivity contribution in [3.05, 3.63) is 94.3 Å². The fraction of sp³-hybridized carbons (Fsp3) is 0.424. The fourth-order valence-electron chi connectivity index (χ4n) is 5.64. The van der Waals surface area contributed by atoms with Crippen molar-refractivity contribution < 1.29 is 9.84 Å². The van der Waals surface area contributed by atoms with Crippen molar-refractivity contribution in [1.29, 1.82) is 0 Å². The minimum Gasteiger partial charge on any atom is -0.386 e. The van der Waals surface area contributed by atoms with Crippen molar-refractivity contribution in [2.24, 2.45) is 0 Å². The molecule has 190 valence electrons. The van der Waals surface area contributed by atoms with E-state index in [0.717, 1.165) is 24.8 Å². The zero-order valence-corrected chi connectivity index (χ0v) is 22.6. The molecule has 1 saturated heterocycles. The quantitative estimate of drug-likeness (QED) is 0.359. The Labute approximate surface area is 217 Å². The molecule has 0 bridgehead atoms. The molecule has 0 aliphatic carbocycles. The fourth-order valence-corrected chi connectivity index (χ4v) is 5.64. The lowest BCUT2D eigenvalue weighted by molar-refractivity contribution is -0.0317. The van der Waals surface area contributed by atoms with E-state index in [9.17, 15) is 5.11 Å².